The summed E-state index contributed by atoms with van der Waals surface area (Å²) in [6, 6.07) is 17.7. The number of nitrogens with zero attached hydrogens (tertiary/aromatic N) is 2. The van der Waals surface area contributed by atoms with Crippen molar-refractivity contribution < 1.29 is 19.0 Å². The third-order valence-electron chi connectivity index (χ3n) is 5.22. The van der Waals surface area contributed by atoms with Crippen molar-refractivity contribution in [1.29, 1.82) is 0 Å². The number of carbonyl (C=O) groups is 1. The number of amides is 1. The molecule has 35 heavy (non-hydrogen) atoms. The van der Waals surface area contributed by atoms with Crippen molar-refractivity contribution in [3.05, 3.63) is 87.1 Å². The predicted octanol–water partition coefficient (Wildman–Crippen LogP) is 4.64. The van der Waals surface area contributed by atoms with E-state index in [1.165, 1.54) is 27.4 Å². The molecule has 0 aliphatic rings. The Morgan fingerprint density at radius 1 is 0.971 bits per heavy atom. The Balaban J connectivity index is 1.83. The summed E-state index contributed by atoms with van der Waals surface area (Å²) in [5, 5.41) is 0.362. The number of benzene rings is 3. The molecule has 1 amide bonds. The van der Waals surface area contributed by atoms with E-state index in [-0.39, 0.29) is 5.82 Å². The Morgan fingerprint density at radius 2 is 1.63 bits per heavy atom. The highest BCUT2D eigenvalue weighted by atomic mass is 79.9. The summed E-state index contributed by atoms with van der Waals surface area (Å²) in [5.41, 5.74) is 4.02. The van der Waals surface area contributed by atoms with Crippen LogP contribution in [0.25, 0.3) is 28.4 Å². The summed E-state index contributed by atoms with van der Waals surface area (Å²) in [7, 11) is 4.50. The number of hydrogen-bond acceptors (Lipinski definition) is 6. The first-order valence-electron chi connectivity index (χ1n) is 10.5. The van der Waals surface area contributed by atoms with Crippen LogP contribution in [0.3, 0.4) is 0 Å². The van der Waals surface area contributed by atoms with Crippen LogP contribution < -0.4 is 25.2 Å². The third kappa shape index (κ3) is 5.04. The van der Waals surface area contributed by atoms with Crippen molar-refractivity contribution in [3.63, 3.8) is 0 Å². The summed E-state index contributed by atoms with van der Waals surface area (Å²) < 4.78 is 18.4. The van der Waals surface area contributed by atoms with Gasteiger partial charge in [0.15, 0.2) is 17.3 Å². The number of methoxy groups -OCH3 is 3. The van der Waals surface area contributed by atoms with Gasteiger partial charge in [0.1, 0.15) is 0 Å². The maximum absolute atomic E-state index is 13.4. The highest BCUT2D eigenvalue weighted by Crippen LogP contribution is 2.40. The van der Waals surface area contributed by atoms with Crippen LogP contribution in [0.15, 0.2) is 76.0 Å². The quantitative estimate of drug-likeness (QED) is 0.347. The minimum Gasteiger partial charge on any atom is -0.493 e. The van der Waals surface area contributed by atoms with Crippen molar-refractivity contribution in [2.75, 3.05) is 26.8 Å². The molecule has 0 atom stereocenters. The Kier molecular flexibility index (Phi) is 7.17. The summed E-state index contributed by atoms with van der Waals surface area (Å²) in [5.74, 6) is 0.878. The molecule has 0 fully saturated rings. The molecule has 178 valence electrons. The molecule has 4 aromatic rings. The molecule has 0 aliphatic carbocycles. The van der Waals surface area contributed by atoms with Crippen LogP contribution in [-0.4, -0.2) is 36.9 Å². The molecule has 1 heterocycles. The van der Waals surface area contributed by atoms with Crippen LogP contribution in [0.1, 0.15) is 5.56 Å². The van der Waals surface area contributed by atoms with Crippen LogP contribution in [0.2, 0.25) is 0 Å². The summed E-state index contributed by atoms with van der Waals surface area (Å²) in [4.78, 5) is 30.9. The fourth-order valence-corrected chi connectivity index (χ4v) is 3.80. The van der Waals surface area contributed by atoms with E-state index >= 15 is 0 Å². The highest BCUT2D eigenvalue weighted by Gasteiger charge is 2.19. The fourth-order valence-electron chi connectivity index (χ4n) is 3.53. The zero-order chi connectivity index (χ0) is 24.9. The summed E-state index contributed by atoms with van der Waals surface area (Å²) in [6.45, 7) is 0. The first-order chi connectivity index (χ1) is 16.9. The molecule has 1 N–H and O–H groups in total. The molecule has 0 aliphatic heterocycles. The zero-order valence-corrected chi connectivity index (χ0v) is 20.8. The van der Waals surface area contributed by atoms with E-state index in [1.807, 2.05) is 24.3 Å². The number of rotatable bonds is 7. The molecule has 9 heteroatoms. The molecule has 0 radical (unpaired) electrons. The SMILES string of the molecule is COc1cc(-c2nc3ccccc3c(=O)n2NC(=O)C=Cc2ccc(Br)cc2)cc(OC)c1OC. The predicted molar refractivity (Wildman–Crippen MR) is 139 cm³/mol. The second kappa shape index (κ2) is 10.4. The standard InChI is InChI=1S/C26H22BrN3O5/c1-33-21-14-17(15-22(34-2)24(21)35-3)25-28-20-7-5-4-6-19(20)26(32)30(25)29-23(31)13-10-16-8-11-18(27)12-9-16/h4-15H,1-3H3,(H,29,31). The molecule has 0 saturated carbocycles. The van der Waals surface area contributed by atoms with E-state index in [1.54, 1.807) is 42.5 Å². The van der Waals surface area contributed by atoms with Crippen molar-refractivity contribution in [2.45, 2.75) is 0 Å². The molecule has 3 aromatic carbocycles. The van der Waals surface area contributed by atoms with Crippen molar-refractivity contribution >= 4 is 38.8 Å². The van der Waals surface area contributed by atoms with Gasteiger partial charge in [-0.25, -0.2) is 4.98 Å². The van der Waals surface area contributed by atoms with Crippen LogP contribution in [0, 0.1) is 0 Å². The average Bonchev–Trinajstić information content (AvgIpc) is 2.89. The summed E-state index contributed by atoms with van der Waals surface area (Å²) in [6.07, 6.45) is 3.00. The van der Waals surface area contributed by atoms with E-state index in [0.29, 0.717) is 33.7 Å². The van der Waals surface area contributed by atoms with E-state index in [9.17, 15) is 9.59 Å². The molecule has 0 spiro atoms. The number of hydrogen-bond donors (Lipinski definition) is 1. The first-order valence-corrected chi connectivity index (χ1v) is 11.3. The van der Waals surface area contributed by atoms with E-state index in [4.69, 9.17) is 14.2 Å². The Bertz CT molecular complexity index is 1450. The number of carbonyl (C=O) groups excluding carboxylic acids is 1. The lowest BCUT2D eigenvalue weighted by molar-refractivity contribution is -0.112. The molecule has 0 bridgehead atoms. The van der Waals surface area contributed by atoms with Gasteiger partial charge in [-0.2, -0.15) is 4.68 Å². The van der Waals surface area contributed by atoms with Gasteiger partial charge in [-0.05, 0) is 48.0 Å². The first kappa shape index (κ1) is 24.0. The number of nitrogens with one attached hydrogen (secondary N) is 1. The normalized spacial score (nSPS) is 11.0. The van der Waals surface area contributed by atoms with E-state index in [2.05, 4.69) is 26.3 Å². The Morgan fingerprint density at radius 3 is 2.26 bits per heavy atom. The van der Waals surface area contributed by atoms with Gasteiger partial charge in [-0.3, -0.25) is 15.0 Å². The molecular formula is C26H22BrN3O5. The van der Waals surface area contributed by atoms with Gasteiger partial charge in [-0.15, -0.1) is 0 Å². The van der Waals surface area contributed by atoms with Crippen LogP contribution >= 0.6 is 15.9 Å². The van der Waals surface area contributed by atoms with Crippen molar-refractivity contribution in [3.8, 4) is 28.6 Å². The van der Waals surface area contributed by atoms with Crippen molar-refractivity contribution in [2.24, 2.45) is 0 Å². The molecule has 1 aromatic heterocycles. The number of ether oxygens (including phenoxy) is 3. The fraction of sp³-hybridized carbons (Fsp3) is 0.115. The topological polar surface area (TPSA) is 91.7 Å². The van der Waals surface area contributed by atoms with Gasteiger partial charge >= 0.3 is 0 Å². The van der Waals surface area contributed by atoms with Gasteiger partial charge in [0.2, 0.25) is 5.75 Å². The minimum absolute atomic E-state index is 0.207. The van der Waals surface area contributed by atoms with E-state index < -0.39 is 11.5 Å². The van der Waals surface area contributed by atoms with Gasteiger partial charge in [0, 0.05) is 16.1 Å². The molecule has 0 saturated heterocycles. The molecule has 0 unspecified atom stereocenters. The lowest BCUT2D eigenvalue weighted by atomic mass is 10.1. The summed E-state index contributed by atoms with van der Waals surface area (Å²) >= 11 is 3.38. The van der Waals surface area contributed by atoms with Crippen LogP contribution in [0.4, 0.5) is 0 Å². The smallest absolute Gasteiger partial charge is 0.280 e. The Hall–Kier alpha value is -4.11. The zero-order valence-electron chi connectivity index (χ0n) is 19.2. The van der Waals surface area contributed by atoms with E-state index in [0.717, 1.165) is 14.7 Å². The number of aromatic nitrogens is 2. The maximum Gasteiger partial charge on any atom is 0.280 e. The van der Waals surface area contributed by atoms with Gasteiger partial charge in [0.25, 0.3) is 11.5 Å². The molecule has 8 nitrogen and oxygen atoms in total. The average molecular weight is 536 g/mol. The second-order valence-electron chi connectivity index (χ2n) is 7.37. The van der Waals surface area contributed by atoms with Gasteiger partial charge < -0.3 is 14.2 Å². The van der Waals surface area contributed by atoms with Crippen LogP contribution in [0.5, 0.6) is 17.2 Å². The van der Waals surface area contributed by atoms with Gasteiger partial charge in [0.05, 0.1) is 32.2 Å². The third-order valence-corrected chi connectivity index (χ3v) is 5.75. The number of fused-ring (bicyclic) bond motifs is 1. The number of halogens is 1. The molecule has 4 rings (SSSR count). The van der Waals surface area contributed by atoms with Gasteiger partial charge in [-0.1, -0.05) is 40.2 Å². The molecular weight excluding hydrogens is 514 g/mol. The highest BCUT2D eigenvalue weighted by molar-refractivity contribution is 9.10. The lowest BCUT2D eigenvalue weighted by Crippen LogP contribution is -2.34. The Labute approximate surface area is 209 Å². The monoisotopic (exact) mass is 535 g/mol. The number of para-hydroxylation sites is 1. The lowest BCUT2D eigenvalue weighted by Gasteiger charge is -2.17. The van der Waals surface area contributed by atoms with Crippen LogP contribution in [-0.2, 0) is 4.79 Å². The largest absolute Gasteiger partial charge is 0.493 e. The maximum atomic E-state index is 13.4. The van der Waals surface area contributed by atoms with Crippen molar-refractivity contribution in [1.82, 2.24) is 9.66 Å². The second-order valence-corrected chi connectivity index (χ2v) is 8.28. The minimum atomic E-state index is -0.499.